The van der Waals surface area contributed by atoms with Gasteiger partial charge in [0, 0.05) is 17.7 Å². The van der Waals surface area contributed by atoms with Crippen LogP contribution in [-0.2, 0) is 6.18 Å². The molecule has 6 nitrogen and oxygen atoms in total. The first-order valence-electron chi connectivity index (χ1n) is 8.96. The van der Waals surface area contributed by atoms with Crippen molar-refractivity contribution < 1.29 is 31.5 Å². The van der Waals surface area contributed by atoms with Crippen LogP contribution in [0.4, 0.5) is 27.6 Å². The zero-order valence-electron chi connectivity index (χ0n) is 15.5. The molecular formula is C19H15F5N4O2. The van der Waals surface area contributed by atoms with Crippen molar-refractivity contribution in [1.29, 1.82) is 0 Å². The lowest BCUT2D eigenvalue weighted by Gasteiger charge is -2.12. The van der Waals surface area contributed by atoms with Crippen LogP contribution in [0.5, 0.6) is 5.75 Å². The molecule has 11 heteroatoms. The molecular weight excluding hydrogens is 411 g/mol. The number of fused-ring (bicyclic) bond motifs is 1. The highest BCUT2D eigenvalue weighted by molar-refractivity contribution is 6.04. The number of hydrogen-bond donors (Lipinski definition) is 1. The van der Waals surface area contributed by atoms with Crippen molar-refractivity contribution in [2.45, 2.75) is 38.5 Å². The lowest BCUT2D eigenvalue weighted by Crippen LogP contribution is -2.16. The van der Waals surface area contributed by atoms with E-state index in [4.69, 9.17) is 0 Å². The van der Waals surface area contributed by atoms with Gasteiger partial charge in [0.25, 0.3) is 5.91 Å². The Morgan fingerprint density at radius 1 is 1.23 bits per heavy atom. The molecule has 2 aromatic heterocycles. The molecule has 1 aliphatic rings. The first-order valence-corrected chi connectivity index (χ1v) is 8.96. The quantitative estimate of drug-likeness (QED) is 0.596. The van der Waals surface area contributed by atoms with Gasteiger partial charge in [0.2, 0.25) is 0 Å². The van der Waals surface area contributed by atoms with E-state index in [1.54, 1.807) is 6.92 Å². The maximum atomic E-state index is 13.5. The highest BCUT2D eigenvalue weighted by Crippen LogP contribution is 2.41. The molecule has 1 aliphatic carbocycles. The zero-order valence-corrected chi connectivity index (χ0v) is 15.5. The lowest BCUT2D eigenvalue weighted by molar-refractivity contribution is -0.142. The molecule has 0 radical (unpaired) electrons. The molecule has 4 rings (SSSR count). The normalized spacial score (nSPS) is 14.4. The monoisotopic (exact) mass is 426 g/mol. The first-order chi connectivity index (χ1) is 14.1. The Bertz CT molecular complexity index is 1120. The zero-order chi connectivity index (χ0) is 21.6. The Morgan fingerprint density at radius 2 is 1.97 bits per heavy atom. The first kappa shape index (κ1) is 20.0. The minimum Gasteiger partial charge on any atom is -0.433 e. The summed E-state index contributed by atoms with van der Waals surface area (Å²) in [5.41, 5.74) is -0.605. The average Bonchev–Trinajstić information content (AvgIpc) is 3.40. The summed E-state index contributed by atoms with van der Waals surface area (Å²) in [5.74, 6) is -1.20. The Hall–Kier alpha value is -3.24. The largest absolute Gasteiger partial charge is 0.433 e. The van der Waals surface area contributed by atoms with Gasteiger partial charge in [-0.15, -0.1) is 0 Å². The Balaban J connectivity index is 1.70. The maximum absolute atomic E-state index is 13.5. The number of amides is 1. The van der Waals surface area contributed by atoms with E-state index < -0.39 is 24.4 Å². The Kier molecular flexibility index (Phi) is 4.83. The summed E-state index contributed by atoms with van der Waals surface area (Å²) in [4.78, 5) is 16.8. The molecule has 0 unspecified atom stereocenters. The molecule has 2 heterocycles. The van der Waals surface area contributed by atoms with Gasteiger partial charge in [-0.25, -0.2) is 9.50 Å². The summed E-state index contributed by atoms with van der Waals surface area (Å²) in [5, 5.41) is 6.10. The second-order valence-electron chi connectivity index (χ2n) is 6.97. The molecule has 1 N–H and O–H groups in total. The van der Waals surface area contributed by atoms with Crippen molar-refractivity contribution in [2.24, 2.45) is 0 Å². The summed E-state index contributed by atoms with van der Waals surface area (Å²) in [7, 11) is 0. The molecule has 3 aromatic rings. The van der Waals surface area contributed by atoms with Crippen molar-refractivity contribution in [3.8, 4) is 5.75 Å². The van der Waals surface area contributed by atoms with E-state index in [0.29, 0.717) is 15.8 Å². The molecule has 1 amide bonds. The van der Waals surface area contributed by atoms with E-state index in [2.05, 4.69) is 20.1 Å². The number of alkyl halides is 5. The van der Waals surface area contributed by atoms with Crippen molar-refractivity contribution in [3.63, 3.8) is 0 Å². The Morgan fingerprint density at radius 3 is 2.60 bits per heavy atom. The van der Waals surface area contributed by atoms with Gasteiger partial charge in [0.05, 0.1) is 5.69 Å². The van der Waals surface area contributed by atoms with Crippen molar-refractivity contribution in [1.82, 2.24) is 14.6 Å². The summed E-state index contributed by atoms with van der Waals surface area (Å²) >= 11 is 0. The highest BCUT2D eigenvalue weighted by Gasteiger charge is 2.37. The molecule has 158 valence electrons. The van der Waals surface area contributed by atoms with E-state index in [9.17, 15) is 26.7 Å². The molecule has 1 fully saturated rings. The molecule has 0 spiro atoms. The number of ether oxygens (including phenoxy) is 1. The number of benzene rings is 1. The van der Waals surface area contributed by atoms with Crippen molar-refractivity contribution in [3.05, 3.63) is 53.0 Å². The van der Waals surface area contributed by atoms with Gasteiger partial charge in [-0.05, 0) is 43.5 Å². The molecule has 0 atom stereocenters. The summed E-state index contributed by atoms with van der Waals surface area (Å²) in [6.07, 6.45) is -3.19. The number of carbonyl (C=O) groups excluding carboxylic acids is 1. The van der Waals surface area contributed by atoms with Gasteiger partial charge in [0.1, 0.15) is 11.4 Å². The highest BCUT2D eigenvalue weighted by atomic mass is 19.4. The fraction of sp³-hybridized carbons (Fsp3) is 0.316. The van der Waals surface area contributed by atoms with Gasteiger partial charge in [-0.3, -0.25) is 4.79 Å². The summed E-state index contributed by atoms with van der Waals surface area (Å²) in [6.45, 7) is -1.44. The van der Waals surface area contributed by atoms with Crippen LogP contribution in [0.1, 0.15) is 46.2 Å². The van der Waals surface area contributed by atoms with Crippen LogP contribution in [0.15, 0.2) is 30.3 Å². The maximum Gasteiger partial charge on any atom is 0.433 e. The van der Waals surface area contributed by atoms with Crippen LogP contribution in [0.25, 0.3) is 5.65 Å². The number of halogens is 5. The predicted molar refractivity (Wildman–Crippen MR) is 95.7 cm³/mol. The van der Waals surface area contributed by atoms with Gasteiger partial charge < -0.3 is 10.1 Å². The predicted octanol–water partition coefficient (Wildman–Crippen LogP) is 4.79. The average molecular weight is 426 g/mol. The van der Waals surface area contributed by atoms with Gasteiger partial charge in [-0.1, -0.05) is 6.07 Å². The fourth-order valence-electron chi connectivity index (χ4n) is 3.02. The van der Waals surface area contributed by atoms with Crippen LogP contribution in [0.3, 0.4) is 0 Å². The van der Waals surface area contributed by atoms with Crippen molar-refractivity contribution in [2.75, 3.05) is 5.32 Å². The third-order valence-corrected chi connectivity index (χ3v) is 4.57. The number of aromatic nitrogens is 3. The summed E-state index contributed by atoms with van der Waals surface area (Å²) < 4.78 is 70.6. The summed E-state index contributed by atoms with van der Waals surface area (Å²) in [6, 6.07) is 6.23. The van der Waals surface area contributed by atoms with Gasteiger partial charge in [-0.2, -0.15) is 27.1 Å². The third-order valence-electron chi connectivity index (χ3n) is 4.57. The number of hydrogen-bond acceptors (Lipinski definition) is 4. The van der Waals surface area contributed by atoms with E-state index in [0.717, 1.165) is 25.0 Å². The molecule has 1 saturated carbocycles. The topological polar surface area (TPSA) is 68.5 Å². The number of nitrogens with zero attached hydrogens (tertiary/aromatic N) is 3. The van der Waals surface area contributed by atoms with E-state index in [1.807, 2.05) is 0 Å². The smallest absolute Gasteiger partial charge is 0.433 e. The standard InChI is InChI=1S/C19H15F5N4O2/c1-9-2-5-14(30-18(20)21)12(6-9)26-17(29)13-8-16-25-11(10-3-4-10)7-15(19(22,23)24)28(16)27-13/h2,5-8,10,18H,3-4H2,1H3,(H,26,29). The minimum atomic E-state index is -4.70. The number of nitrogens with one attached hydrogen (secondary N) is 1. The van der Waals surface area contributed by atoms with E-state index in [1.165, 1.54) is 18.2 Å². The fourth-order valence-corrected chi connectivity index (χ4v) is 3.02. The van der Waals surface area contributed by atoms with Crippen LogP contribution < -0.4 is 10.1 Å². The molecule has 30 heavy (non-hydrogen) atoms. The van der Waals surface area contributed by atoms with Crippen molar-refractivity contribution >= 4 is 17.2 Å². The minimum absolute atomic E-state index is 0.0374. The van der Waals surface area contributed by atoms with E-state index in [-0.39, 0.29) is 28.7 Å². The second-order valence-corrected chi connectivity index (χ2v) is 6.97. The lowest BCUT2D eigenvalue weighted by atomic mass is 10.2. The number of aryl methyl sites for hydroxylation is 1. The third kappa shape index (κ3) is 4.05. The Labute approximate surface area is 166 Å². The van der Waals surface area contributed by atoms with Gasteiger partial charge >= 0.3 is 12.8 Å². The molecule has 0 bridgehead atoms. The molecule has 0 saturated heterocycles. The van der Waals surface area contributed by atoms with Gasteiger partial charge in [0.15, 0.2) is 11.3 Å². The van der Waals surface area contributed by atoms with Crippen LogP contribution in [0.2, 0.25) is 0 Å². The molecule has 1 aromatic carbocycles. The van der Waals surface area contributed by atoms with Crippen LogP contribution in [0, 0.1) is 6.92 Å². The number of rotatable bonds is 5. The van der Waals surface area contributed by atoms with Crippen LogP contribution in [-0.4, -0.2) is 27.1 Å². The number of carbonyl (C=O) groups is 1. The van der Waals surface area contributed by atoms with E-state index >= 15 is 0 Å². The van der Waals surface area contributed by atoms with Crippen LogP contribution >= 0.6 is 0 Å². The SMILES string of the molecule is Cc1ccc(OC(F)F)c(NC(=O)c2cc3nc(C4CC4)cc(C(F)(F)F)n3n2)c1. The number of anilines is 1. The molecule has 0 aliphatic heterocycles. The second kappa shape index (κ2) is 7.22.